The van der Waals surface area contributed by atoms with Gasteiger partial charge >= 0.3 is 5.97 Å². The van der Waals surface area contributed by atoms with Crippen LogP contribution in [0.15, 0.2) is 35.5 Å². The average molecular weight is 305 g/mol. The number of thioether (sulfide) groups is 1. The van der Waals surface area contributed by atoms with E-state index in [2.05, 4.69) is 10.2 Å². The van der Waals surface area contributed by atoms with Crippen LogP contribution in [-0.4, -0.2) is 26.5 Å². The van der Waals surface area contributed by atoms with E-state index in [0.29, 0.717) is 12.4 Å². The molecule has 112 valence electrons. The van der Waals surface area contributed by atoms with Crippen molar-refractivity contribution in [3.05, 3.63) is 41.7 Å². The predicted molar refractivity (Wildman–Crippen MR) is 81.9 cm³/mol. The van der Waals surface area contributed by atoms with Crippen LogP contribution in [0.1, 0.15) is 18.3 Å². The fourth-order valence-electron chi connectivity index (χ4n) is 1.65. The van der Waals surface area contributed by atoms with Crippen molar-refractivity contribution in [1.29, 1.82) is 0 Å². The summed E-state index contributed by atoms with van der Waals surface area (Å²) in [7, 11) is 1.91. The average Bonchev–Trinajstić information content (AvgIpc) is 2.83. The van der Waals surface area contributed by atoms with Crippen LogP contribution in [-0.2, 0) is 23.2 Å². The van der Waals surface area contributed by atoms with E-state index < -0.39 is 0 Å². The lowest BCUT2D eigenvalue weighted by Gasteiger charge is -2.11. The molecule has 0 N–H and O–H groups in total. The minimum absolute atomic E-state index is 0.185. The molecule has 6 heteroatoms. The van der Waals surface area contributed by atoms with E-state index in [1.807, 2.05) is 55.8 Å². The van der Waals surface area contributed by atoms with E-state index in [0.717, 1.165) is 16.5 Å². The Kier molecular flexibility index (Phi) is 5.38. The van der Waals surface area contributed by atoms with Gasteiger partial charge in [-0.2, -0.15) is 0 Å². The second-order valence-electron chi connectivity index (χ2n) is 4.89. The van der Waals surface area contributed by atoms with Gasteiger partial charge in [0.2, 0.25) is 0 Å². The van der Waals surface area contributed by atoms with E-state index in [1.54, 1.807) is 0 Å². The highest BCUT2D eigenvalue weighted by atomic mass is 32.2. The molecule has 1 aromatic carbocycles. The van der Waals surface area contributed by atoms with Crippen LogP contribution in [0.25, 0.3) is 0 Å². The van der Waals surface area contributed by atoms with Gasteiger partial charge in [0.05, 0.1) is 5.92 Å². The standard InChI is InChI=1S/C15H19N3O2S/c1-11(10-21-15-17-16-12(2)18(15)3)14(19)20-9-13-7-5-4-6-8-13/h4-8,11H,9-10H2,1-3H3. The third kappa shape index (κ3) is 4.32. The van der Waals surface area contributed by atoms with Gasteiger partial charge in [0.25, 0.3) is 0 Å². The number of aryl methyl sites for hydroxylation is 1. The Labute approximate surface area is 128 Å². The van der Waals surface area contributed by atoms with Crippen LogP contribution >= 0.6 is 11.8 Å². The van der Waals surface area contributed by atoms with E-state index in [4.69, 9.17) is 4.74 Å². The molecule has 0 aliphatic heterocycles. The topological polar surface area (TPSA) is 57.0 Å². The summed E-state index contributed by atoms with van der Waals surface area (Å²) in [6, 6.07) is 9.68. The Hall–Kier alpha value is -1.82. The summed E-state index contributed by atoms with van der Waals surface area (Å²) in [5.41, 5.74) is 0.995. The van der Waals surface area contributed by atoms with E-state index in [-0.39, 0.29) is 11.9 Å². The summed E-state index contributed by atoms with van der Waals surface area (Å²) >= 11 is 1.51. The molecule has 0 radical (unpaired) electrons. The lowest BCUT2D eigenvalue weighted by molar-refractivity contribution is -0.148. The molecular weight excluding hydrogens is 286 g/mol. The summed E-state index contributed by atoms with van der Waals surface area (Å²) in [5, 5.41) is 8.87. The first-order valence-electron chi connectivity index (χ1n) is 6.77. The smallest absolute Gasteiger partial charge is 0.309 e. The van der Waals surface area contributed by atoms with Gasteiger partial charge in [-0.15, -0.1) is 10.2 Å². The van der Waals surface area contributed by atoms with Gasteiger partial charge in [0, 0.05) is 12.8 Å². The second kappa shape index (κ2) is 7.26. The molecule has 1 atom stereocenters. The summed E-state index contributed by atoms with van der Waals surface area (Å²) < 4.78 is 7.23. The number of benzene rings is 1. The molecule has 0 aliphatic carbocycles. The summed E-state index contributed by atoms with van der Waals surface area (Å²) in [6.07, 6.45) is 0. The number of carbonyl (C=O) groups excluding carboxylic acids is 1. The zero-order chi connectivity index (χ0) is 15.2. The van der Waals surface area contributed by atoms with Crippen LogP contribution < -0.4 is 0 Å². The van der Waals surface area contributed by atoms with E-state index in [1.165, 1.54) is 11.8 Å². The molecule has 21 heavy (non-hydrogen) atoms. The number of hydrogen-bond donors (Lipinski definition) is 0. The largest absolute Gasteiger partial charge is 0.461 e. The highest BCUT2D eigenvalue weighted by molar-refractivity contribution is 7.99. The molecule has 2 rings (SSSR count). The maximum atomic E-state index is 11.9. The SMILES string of the molecule is Cc1nnc(SCC(C)C(=O)OCc2ccccc2)n1C. The van der Waals surface area contributed by atoms with Crippen molar-refractivity contribution in [3.63, 3.8) is 0 Å². The molecule has 1 unspecified atom stereocenters. The third-order valence-electron chi connectivity index (χ3n) is 3.14. The van der Waals surface area contributed by atoms with Crippen LogP contribution in [0.3, 0.4) is 0 Å². The Morgan fingerprint density at radius 3 is 2.67 bits per heavy atom. The lowest BCUT2D eigenvalue weighted by Crippen LogP contribution is -2.17. The normalized spacial score (nSPS) is 12.1. The van der Waals surface area contributed by atoms with Crippen LogP contribution in [0.5, 0.6) is 0 Å². The third-order valence-corrected chi connectivity index (χ3v) is 4.42. The number of aromatic nitrogens is 3. The van der Waals surface area contributed by atoms with Gasteiger partial charge in [-0.1, -0.05) is 49.0 Å². The number of rotatable bonds is 6. The zero-order valence-corrected chi connectivity index (χ0v) is 13.3. The number of esters is 1. The minimum atomic E-state index is -0.190. The first kappa shape index (κ1) is 15.6. The Morgan fingerprint density at radius 1 is 1.33 bits per heavy atom. The Morgan fingerprint density at radius 2 is 2.05 bits per heavy atom. The molecule has 0 fully saturated rings. The van der Waals surface area contributed by atoms with E-state index in [9.17, 15) is 4.79 Å². The number of carbonyl (C=O) groups is 1. The van der Waals surface area contributed by atoms with Crippen molar-refractivity contribution in [3.8, 4) is 0 Å². The Balaban J connectivity index is 1.79. The maximum absolute atomic E-state index is 11.9. The number of hydrogen-bond acceptors (Lipinski definition) is 5. The monoisotopic (exact) mass is 305 g/mol. The maximum Gasteiger partial charge on any atom is 0.309 e. The first-order valence-corrected chi connectivity index (χ1v) is 7.76. The van der Waals surface area contributed by atoms with Crippen molar-refractivity contribution in [2.75, 3.05) is 5.75 Å². The van der Waals surface area contributed by atoms with Crippen LogP contribution in [0, 0.1) is 12.8 Å². The number of nitrogens with zero attached hydrogens (tertiary/aromatic N) is 3. The van der Waals surface area contributed by atoms with Gasteiger partial charge in [0.1, 0.15) is 12.4 Å². The van der Waals surface area contributed by atoms with Crippen molar-refractivity contribution in [1.82, 2.24) is 14.8 Å². The lowest BCUT2D eigenvalue weighted by atomic mass is 10.2. The van der Waals surface area contributed by atoms with Crippen molar-refractivity contribution < 1.29 is 9.53 Å². The van der Waals surface area contributed by atoms with Crippen LogP contribution in [0.4, 0.5) is 0 Å². The fourth-order valence-corrected chi connectivity index (χ4v) is 2.61. The summed E-state index contributed by atoms with van der Waals surface area (Å²) in [5.74, 6) is 1.11. The zero-order valence-electron chi connectivity index (χ0n) is 12.4. The Bertz CT molecular complexity index is 598. The van der Waals surface area contributed by atoms with Crippen molar-refractivity contribution >= 4 is 17.7 Å². The number of ether oxygens (including phenoxy) is 1. The molecular formula is C15H19N3O2S. The predicted octanol–water partition coefficient (Wildman–Crippen LogP) is 2.60. The highest BCUT2D eigenvalue weighted by Crippen LogP contribution is 2.19. The quantitative estimate of drug-likeness (QED) is 0.606. The van der Waals surface area contributed by atoms with Gasteiger partial charge in [-0.3, -0.25) is 4.79 Å². The summed E-state index contributed by atoms with van der Waals surface area (Å²) in [6.45, 7) is 4.08. The molecule has 2 aromatic rings. The minimum Gasteiger partial charge on any atom is -0.461 e. The molecule has 1 aromatic heterocycles. The molecule has 0 saturated carbocycles. The molecule has 0 aliphatic rings. The fraction of sp³-hybridized carbons (Fsp3) is 0.400. The molecule has 0 amide bonds. The first-order chi connectivity index (χ1) is 10.1. The summed E-state index contributed by atoms with van der Waals surface area (Å²) in [4.78, 5) is 11.9. The molecule has 0 spiro atoms. The highest BCUT2D eigenvalue weighted by Gasteiger charge is 2.16. The second-order valence-corrected chi connectivity index (χ2v) is 5.88. The van der Waals surface area contributed by atoms with Gasteiger partial charge in [0.15, 0.2) is 5.16 Å². The molecule has 1 heterocycles. The van der Waals surface area contributed by atoms with E-state index >= 15 is 0 Å². The molecule has 0 saturated heterocycles. The molecule has 5 nitrogen and oxygen atoms in total. The molecule has 0 bridgehead atoms. The van der Waals surface area contributed by atoms with Crippen molar-refractivity contribution in [2.24, 2.45) is 13.0 Å². The van der Waals surface area contributed by atoms with Crippen LogP contribution in [0.2, 0.25) is 0 Å². The van der Waals surface area contributed by atoms with Gasteiger partial charge < -0.3 is 9.30 Å². The van der Waals surface area contributed by atoms with Gasteiger partial charge in [-0.05, 0) is 12.5 Å². The van der Waals surface area contributed by atoms with Gasteiger partial charge in [-0.25, -0.2) is 0 Å². The van der Waals surface area contributed by atoms with Crippen molar-refractivity contribution in [2.45, 2.75) is 25.6 Å².